The van der Waals surface area contributed by atoms with E-state index in [9.17, 15) is 9.50 Å². The summed E-state index contributed by atoms with van der Waals surface area (Å²) in [5, 5.41) is 14.1. The Bertz CT molecular complexity index is 1310. The number of rotatable bonds is 5. The number of hydrogen-bond acceptors (Lipinski definition) is 9. The minimum atomic E-state index is -0.332. The van der Waals surface area contributed by atoms with E-state index in [-0.39, 0.29) is 30.4 Å². The second kappa shape index (κ2) is 10.1. The molecule has 0 radical (unpaired) electrons. The monoisotopic (exact) mass is 528 g/mol. The molecule has 0 saturated carbocycles. The second-order valence-electron chi connectivity index (χ2n) is 9.53. The van der Waals surface area contributed by atoms with Gasteiger partial charge in [0.25, 0.3) is 5.95 Å². The van der Waals surface area contributed by atoms with Crippen molar-refractivity contribution in [2.45, 2.75) is 25.5 Å². The molecule has 2 fully saturated rings. The van der Waals surface area contributed by atoms with Crippen LogP contribution >= 0.6 is 12.4 Å². The number of aliphatic hydroxyl groups is 1. The maximum atomic E-state index is 13.8. The third-order valence-electron chi connectivity index (χ3n) is 7.04. The lowest BCUT2D eigenvalue weighted by Gasteiger charge is -2.45. The molecule has 1 aromatic carbocycles. The molecule has 12 heteroatoms. The van der Waals surface area contributed by atoms with Crippen LogP contribution in [0.3, 0.4) is 0 Å². The molecule has 0 amide bonds. The van der Waals surface area contributed by atoms with E-state index in [1.165, 1.54) is 6.07 Å². The van der Waals surface area contributed by atoms with Crippen LogP contribution in [0.1, 0.15) is 11.3 Å². The minimum Gasteiger partial charge on any atom is -0.489 e. The van der Waals surface area contributed by atoms with E-state index in [1.807, 2.05) is 18.0 Å². The Hall–Kier alpha value is -3.57. The highest BCUT2D eigenvalue weighted by atomic mass is 35.5. The van der Waals surface area contributed by atoms with E-state index in [2.05, 4.69) is 37.1 Å². The number of nitrogens with two attached hydrogens (primary N) is 1. The molecule has 3 aliphatic rings. The molecule has 196 valence electrons. The molecule has 2 saturated heterocycles. The third kappa shape index (κ3) is 4.88. The molecule has 37 heavy (non-hydrogen) atoms. The van der Waals surface area contributed by atoms with E-state index in [0.717, 1.165) is 48.7 Å². The van der Waals surface area contributed by atoms with Crippen molar-refractivity contribution in [3.8, 4) is 11.7 Å². The van der Waals surface area contributed by atoms with Crippen LogP contribution in [0.2, 0.25) is 0 Å². The predicted octanol–water partition coefficient (Wildman–Crippen LogP) is 1.93. The Morgan fingerprint density at radius 3 is 2.84 bits per heavy atom. The quantitative estimate of drug-likeness (QED) is 0.513. The standard InChI is InChI=1S/C25H29FN8O2.ClH/c1-16-17(11-28-34(16)25-29-23(27)10-24(30-25)32-13-20(35)14-32)3-2-6-31-7-8-33-19(12-31)15-36-22-5-4-18(26)9-21(22)33;/h2,4-6,9-11,19-20,35H,3,7-8,12-15H2,1H3,(H2,27,29,30);1H. The number of hydrogen-bond donors (Lipinski definition) is 2. The molecule has 1 unspecified atom stereocenters. The zero-order valence-electron chi connectivity index (χ0n) is 20.5. The highest BCUT2D eigenvalue weighted by molar-refractivity contribution is 5.85. The number of halogens is 2. The predicted molar refractivity (Wildman–Crippen MR) is 141 cm³/mol. The number of fused-ring (bicyclic) bond motifs is 3. The first kappa shape index (κ1) is 25.1. The van der Waals surface area contributed by atoms with Crippen molar-refractivity contribution in [2.24, 2.45) is 0 Å². The number of anilines is 3. The highest BCUT2D eigenvalue weighted by Gasteiger charge is 2.32. The van der Waals surface area contributed by atoms with Gasteiger partial charge in [-0.1, -0.05) is 6.08 Å². The van der Waals surface area contributed by atoms with Gasteiger partial charge in [-0.25, -0.2) is 9.07 Å². The van der Waals surface area contributed by atoms with E-state index < -0.39 is 0 Å². The zero-order chi connectivity index (χ0) is 24.8. The number of nitrogen functional groups attached to an aromatic ring is 1. The molecule has 3 aliphatic heterocycles. The lowest BCUT2D eigenvalue weighted by molar-refractivity contribution is 0.141. The van der Waals surface area contributed by atoms with Gasteiger partial charge in [0.2, 0.25) is 0 Å². The van der Waals surface area contributed by atoms with Crippen molar-refractivity contribution in [3.05, 3.63) is 59.8 Å². The summed E-state index contributed by atoms with van der Waals surface area (Å²) in [4.78, 5) is 15.5. The van der Waals surface area contributed by atoms with Crippen molar-refractivity contribution >= 4 is 29.7 Å². The fourth-order valence-electron chi connectivity index (χ4n) is 5.01. The maximum Gasteiger partial charge on any atom is 0.254 e. The Labute approximate surface area is 220 Å². The first-order valence-corrected chi connectivity index (χ1v) is 12.2. The average molecular weight is 529 g/mol. The summed E-state index contributed by atoms with van der Waals surface area (Å²) in [6.45, 7) is 6.14. The number of allylic oxidation sites excluding steroid dienone is 1. The summed E-state index contributed by atoms with van der Waals surface area (Å²) in [6, 6.07) is 6.61. The SMILES string of the molecule is Cc1c(CC=CN2CCN3c4cc(F)ccc4OCC3C2)cnn1-c1nc(N)cc(N2CC(O)C2)n1.Cl. The van der Waals surface area contributed by atoms with E-state index >= 15 is 0 Å². The number of β-amino-alcohol motifs (C(OH)–C–C–N with tert-alkyl or cyclic N) is 1. The molecular weight excluding hydrogens is 499 g/mol. The van der Waals surface area contributed by atoms with E-state index in [1.54, 1.807) is 22.9 Å². The molecule has 3 N–H and O–H groups in total. The van der Waals surface area contributed by atoms with Gasteiger partial charge in [0.05, 0.1) is 24.0 Å². The van der Waals surface area contributed by atoms with Crippen LogP contribution in [0, 0.1) is 12.7 Å². The van der Waals surface area contributed by atoms with Crippen LogP contribution < -0.4 is 20.3 Å². The summed E-state index contributed by atoms with van der Waals surface area (Å²) >= 11 is 0. The summed E-state index contributed by atoms with van der Waals surface area (Å²) in [6.07, 6.45) is 6.47. The average Bonchev–Trinajstić information content (AvgIpc) is 3.21. The van der Waals surface area contributed by atoms with E-state index in [0.29, 0.717) is 37.3 Å². The number of aromatic nitrogens is 4. The van der Waals surface area contributed by atoms with Gasteiger partial charge < -0.3 is 30.3 Å². The molecule has 10 nitrogen and oxygen atoms in total. The van der Waals surface area contributed by atoms with Crippen molar-refractivity contribution < 1.29 is 14.2 Å². The fraction of sp³-hybridized carbons (Fsp3) is 0.400. The summed E-state index contributed by atoms with van der Waals surface area (Å²) in [7, 11) is 0. The minimum absolute atomic E-state index is 0. The Morgan fingerprint density at radius 1 is 1.19 bits per heavy atom. The molecule has 3 aromatic rings. The lowest BCUT2D eigenvalue weighted by atomic mass is 10.1. The first-order chi connectivity index (χ1) is 17.4. The first-order valence-electron chi connectivity index (χ1n) is 12.2. The van der Waals surface area contributed by atoms with Crippen LogP contribution in [0.15, 0.2) is 42.7 Å². The van der Waals surface area contributed by atoms with Crippen molar-refractivity contribution in [2.75, 3.05) is 54.9 Å². The van der Waals surface area contributed by atoms with Gasteiger partial charge in [-0.15, -0.1) is 12.4 Å². The van der Waals surface area contributed by atoms with Crippen LogP contribution in [-0.2, 0) is 6.42 Å². The summed E-state index contributed by atoms with van der Waals surface area (Å²) in [5.41, 5.74) is 8.88. The molecule has 1 atom stereocenters. The third-order valence-corrected chi connectivity index (χ3v) is 7.04. The zero-order valence-corrected chi connectivity index (χ0v) is 21.3. The Kier molecular flexibility index (Phi) is 6.82. The van der Waals surface area contributed by atoms with Crippen LogP contribution in [0.25, 0.3) is 5.95 Å². The summed E-state index contributed by atoms with van der Waals surface area (Å²) in [5.74, 6) is 1.99. The van der Waals surface area contributed by atoms with Gasteiger partial charge in [0.15, 0.2) is 0 Å². The van der Waals surface area contributed by atoms with Crippen molar-refractivity contribution in [1.82, 2.24) is 24.6 Å². The molecule has 0 aliphatic carbocycles. The maximum absolute atomic E-state index is 13.8. The number of aliphatic hydroxyl groups excluding tert-OH is 1. The largest absolute Gasteiger partial charge is 0.489 e. The Morgan fingerprint density at radius 2 is 2.03 bits per heavy atom. The highest BCUT2D eigenvalue weighted by Crippen LogP contribution is 2.35. The Balaban J connectivity index is 0.00000280. The van der Waals surface area contributed by atoms with Gasteiger partial charge in [0.1, 0.15) is 29.8 Å². The smallest absolute Gasteiger partial charge is 0.254 e. The molecule has 2 aromatic heterocycles. The molecule has 6 rings (SSSR count). The lowest BCUT2D eigenvalue weighted by Crippen LogP contribution is -2.55. The summed E-state index contributed by atoms with van der Waals surface area (Å²) < 4.78 is 21.3. The fourth-order valence-corrected chi connectivity index (χ4v) is 5.01. The number of piperazine rings is 1. The second-order valence-corrected chi connectivity index (χ2v) is 9.53. The van der Waals surface area contributed by atoms with Crippen molar-refractivity contribution in [3.63, 3.8) is 0 Å². The van der Waals surface area contributed by atoms with Crippen LogP contribution in [-0.4, -0.2) is 81.2 Å². The van der Waals surface area contributed by atoms with Gasteiger partial charge in [-0.3, -0.25) is 0 Å². The van der Waals surface area contributed by atoms with E-state index in [4.69, 9.17) is 10.5 Å². The number of ether oxygens (including phenoxy) is 1. The topological polar surface area (TPSA) is 109 Å². The van der Waals surface area contributed by atoms with Crippen LogP contribution in [0.4, 0.5) is 21.7 Å². The molecule has 0 bridgehead atoms. The van der Waals surface area contributed by atoms with Gasteiger partial charge in [-0.2, -0.15) is 15.1 Å². The van der Waals surface area contributed by atoms with Crippen molar-refractivity contribution in [1.29, 1.82) is 0 Å². The van der Waals surface area contributed by atoms with Gasteiger partial charge >= 0.3 is 0 Å². The molecular formula is C25H30ClFN8O2. The normalized spacial score (nSPS) is 19.2. The molecule has 0 spiro atoms. The molecule has 5 heterocycles. The number of nitrogens with zero attached hydrogens (tertiary/aromatic N) is 7. The van der Waals surface area contributed by atoms with Gasteiger partial charge in [-0.05, 0) is 37.2 Å². The van der Waals surface area contributed by atoms with Gasteiger partial charge in [0, 0.05) is 50.6 Å². The number of benzene rings is 1. The van der Waals surface area contributed by atoms with Crippen LogP contribution in [0.5, 0.6) is 5.75 Å².